The maximum Gasteiger partial charge on any atom is 0.306 e. The number of ether oxygens (including phenoxy) is 7. The molecule has 8 heteroatoms. The minimum atomic E-state index is -0.315. The number of benzene rings is 1. The normalized spacial score (nSPS) is 10.3. The molecule has 0 aliphatic carbocycles. The number of hydrogen-bond acceptors (Lipinski definition) is 8. The van der Waals surface area contributed by atoms with E-state index in [0.29, 0.717) is 41.6 Å². The lowest BCUT2D eigenvalue weighted by atomic mass is 10.1. The van der Waals surface area contributed by atoms with E-state index in [4.69, 9.17) is 33.2 Å². The van der Waals surface area contributed by atoms with Crippen molar-refractivity contribution in [2.45, 2.75) is 19.8 Å². The maximum atomic E-state index is 11.7. The highest BCUT2D eigenvalue weighted by Gasteiger charge is 2.23. The predicted molar refractivity (Wildman–Crippen MR) is 89.5 cm³/mol. The minimum Gasteiger partial charge on any atom is -0.493 e. The van der Waals surface area contributed by atoms with Crippen molar-refractivity contribution in [3.8, 4) is 23.0 Å². The SMILES string of the molecule is CCOC(=O)CCc1c(OC)c(OCOC)cc(OC)c1OCOC. The molecule has 0 bridgehead atoms. The largest absolute Gasteiger partial charge is 0.493 e. The molecule has 0 aliphatic heterocycles. The molecule has 0 amide bonds. The van der Waals surface area contributed by atoms with E-state index >= 15 is 0 Å². The van der Waals surface area contributed by atoms with Gasteiger partial charge in [0.2, 0.25) is 0 Å². The lowest BCUT2D eigenvalue weighted by Gasteiger charge is -2.20. The first-order valence-corrected chi connectivity index (χ1v) is 7.79. The van der Waals surface area contributed by atoms with Gasteiger partial charge in [-0.2, -0.15) is 0 Å². The molecular formula is C17H26O8. The van der Waals surface area contributed by atoms with E-state index in [1.54, 1.807) is 13.0 Å². The summed E-state index contributed by atoms with van der Waals surface area (Å²) < 4.78 is 36.9. The fraction of sp³-hybridized carbons (Fsp3) is 0.588. The molecule has 0 heterocycles. The third-order valence-electron chi connectivity index (χ3n) is 3.22. The van der Waals surface area contributed by atoms with Crippen LogP contribution >= 0.6 is 0 Å². The van der Waals surface area contributed by atoms with Gasteiger partial charge < -0.3 is 33.2 Å². The first-order chi connectivity index (χ1) is 12.1. The minimum absolute atomic E-state index is 0.0181. The van der Waals surface area contributed by atoms with Crippen LogP contribution in [0.5, 0.6) is 23.0 Å². The monoisotopic (exact) mass is 358 g/mol. The number of hydrogen-bond donors (Lipinski definition) is 0. The van der Waals surface area contributed by atoms with E-state index < -0.39 is 0 Å². The van der Waals surface area contributed by atoms with Crippen LogP contribution in [0.2, 0.25) is 0 Å². The van der Waals surface area contributed by atoms with Gasteiger partial charge in [-0.1, -0.05) is 0 Å². The summed E-state index contributed by atoms with van der Waals surface area (Å²) in [5, 5.41) is 0. The van der Waals surface area contributed by atoms with Crippen LogP contribution in [0.4, 0.5) is 0 Å². The average molecular weight is 358 g/mol. The molecule has 1 aromatic carbocycles. The van der Waals surface area contributed by atoms with Crippen molar-refractivity contribution in [2.75, 3.05) is 48.6 Å². The first kappa shape index (κ1) is 20.9. The highest BCUT2D eigenvalue weighted by Crippen LogP contribution is 2.45. The van der Waals surface area contributed by atoms with E-state index in [1.165, 1.54) is 28.4 Å². The molecule has 0 unspecified atom stereocenters. The second kappa shape index (κ2) is 11.4. The van der Waals surface area contributed by atoms with Gasteiger partial charge in [0.15, 0.2) is 36.6 Å². The van der Waals surface area contributed by atoms with Gasteiger partial charge in [-0.15, -0.1) is 0 Å². The van der Waals surface area contributed by atoms with Crippen LogP contribution in [0.1, 0.15) is 18.9 Å². The van der Waals surface area contributed by atoms with Gasteiger partial charge in [0, 0.05) is 32.3 Å². The van der Waals surface area contributed by atoms with Gasteiger partial charge in [-0.05, 0) is 13.3 Å². The zero-order valence-corrected chi connectivity index (χ0v) is 15.4. The Labute approximate surface area is 147 Å². The molecule has 0 saturated carbocycles. The molecule has 0 atom stereocenters. The lowest BCUT2D eigenvalue weighted by molar-refractivity contribution is -0.143. The zero-order valence-electron chi connectivity index (χ0n) is 15.4. The number of esters is 1. The molecule has 142 valence electrons. The fourth-order valence-electron chi connectivity index (χ4n) is 2.22. The van der Waals surface area contributed by atoms with Gasteiger partial charge in [-0.25, -0.2) is 0 Å². The molecule has 0 aromatic heterocycles. The topological polar surface area (TPSA) is 81.7 Å². The molecule has 1 rings (SSSR count). The molecule has 0 aliphatic rings. The molecule has 0 spiro atoms. The molecule has 25 heavy (non-hydrogen) atoms. The predicted octanol–water partition coefficient (Wildman–Crippen LogP) is 2.16. The molecule has 0 N–H and O–H groups in total. The van der Waals surface area contributed by atoms with Gasteiger partial charge in [0.05, 0.1) is 20.8 Å². The summed E-state index contributed by atoms with van der Waals surface area (Å²) in [5.74, 6) is 1.40. The Balaban J connectivity index is 3.28. The molecule has 0 saturated heterocycles. The standard InChI is InChI=1S/C17H26O8/c1-6-23-15(18)8-7-12-16(22-5)14(24-10-19-2)9-13(21-4)17(12)25-11-20-3/h9H,6-8,10-11H2,1-5H3. The van der Waals surface area contributed by atoms with E-state index in [0.717, 1.165) is 0 Å². The Kier molecular flexibility index (Phi) is 9.49. The summed E-state index contributed by atoms with van der Waals surface area (Å²) >= 11 is 0. The van der Waals surface area contributed by atoms with E-state index in [2.05, 4.69) is 0 Å². The number of carbonyl (C=O) groups is 1. The first-order valence-electron chi connectivity index (χ1n) is 7.79. The van der Waals surface area contributed by atoms with Crippen molar-refractivity contribution < 1.29 is 38.0 Å². The van der Waals surface area contributed by atoms with E-state index in [-0.39, 0.29) is 26.0 Å². The van der Waals surface area contributed by atoms with Crippen LogP contribution < -0.4 is 18.9 Å². The zero-order chi connectivity index (χ0) is 18.7. The number of methoxy groups -OCH3 is 4. The van der Waals surface area contributed by atoms with Crippen LogP contribution in [0.3, 0.4) is 0 Å². The van der Waals surface area contributed by atoms with Crippen LogP contribution in [-0.2, 0) is 25.4 Å². The fourth-order valence-corrected chi connectivity index (χ4v) is 2.22. The molecule has 8 nitrogen and oxygen atoms in total. The van der Waals surface area contributed by atoms with Gasteiger partial charge in [0.1, 0.15) is 0 Å². The second-order valence-corrected chi connectivity index (χ2v) is 4.82. The second-order valence-electron chi connectivity index (χ2n) is 4.82. The summed E-state index contributed by atoms with van der Waals surface area (Å²) in [4.78, 5) is 11.7. The van der Waals surface area contributed by atoms with E-state index in [9.17, 15) is 4.79 Å². The van der Waals surface area contributed by atoms with E-state index in [1.807, 2.05) is 0 Å². The molecule has 0 fully saturated rings. The summed E-state index contributed by atoms with van der Waals surface area (Å²) in [6.45, 7) is 2.14. The molecular weight excluding hydrogens is 332 g/mol. The summed E-state index contributed by atoms with van der Waals surface area (Å²) in [5.41, 5.74) is 0.623. The van der Waals surface area contributed by atoms with Crippen LogP contribution in [0.25, 0.3) is 0 Å². The van der Waals surface area contributed by atoms with Crippen molar-refractivity contribution in [3.05, 3.63) is 11.6 Å². The summed E-state index contributed by atoms with van der Waals surface area (Å²) in [6, 6.07) is 1.64. The Bertz CT molecular complexity index is 544. The Morgan fingerprint density at radius 1 is 0.920 bits per heavy atom. The highest BCUT2D eigenvalue weighted by atomic mass is 16.7. The molecule has 0 radical (unpaired) electrons. The maximum absolute atomic E-state index is 11.7. The van der Waals surface area contributed by atoms with Crippen molar-refractivity contribution in [1.29, 1.82) is 0 Å². The van der Waals surface area contributed by atoms with Crippen LogP contribution in [-0.4, -0.2) is 54.6 Å². The van der Waals surface area contributed by atoms with Crippen molar-refractivity contribution >= 4 is 5.97 Å². The lowest BCUT2D eigenvalue weighted by Crippen LogP contribution is -2.10. The molecule has 1 aromatic rings. The smallest absolute Gasteiger partial charge is 0.306 e. The number of rotatable bonds is 12. The van der Waals surface area contributed by atoms with Gasteiger partial charge in [0.25, 0.3) is 0 Å². The average Bonchev–Trinajstić information content (AvgIpc) is 2.62. The summed E-state index contributed by atoms with van der Waals surface area (Å²) in [6.07, 6.45) is 0.478. The third kappa shape index (κ3) is 5.99. The Hall–Kier alpha value is -2.19. The number of carbonyl (C=O) groups excluding carboxylic acids is 1. The Morgan fingerprint density at radius 3 is 2.16 bits per heavy atom. The van der Waals surface area contributed by atoms with Crippen LogP contribution in [0.15, 0.2) is 6.07 Å². The summed E-state index contributed by atoms with van der Waals surface area (Å²) in [7, 11) is 6.05. The van der Waals surface area contributed by atoms with Crippen molar-refractivity contribution in [1.82, 2.24) is 0 Å². The van der Waals surface area contributed by atoms with Gasteiger partial charge in [-0.3, -0.25) is 4.79 Å². The third-order valence-corrected chi connectivity index (χ3v) is 3.22. The van der Waals surface area contributed by atoms with Crippen molar-refractivity contribution in [3.63, 3.8) is 0 Å². The van der Waals surface area contributed by atoms with Crippen molar-refractivity contribution in [2.24, 2.45) is 0 Å². The van der Waals surface area contributed by atoms with Crippen LogP contribution in [0, 0.1) is 0 Å². The highest BCUT2D eigenvalue weighted by molar-refractivity contribution is 5.71. The quantitative estimate of drug-likeness (QED) is 0.415. The van der Waals surface area contributed by atoms with Gasteiger partial charge >= 0.3 is 5.97 Å². The Morgan fingerprint density at radius 2 is 1.60 bits per heavy atom.